The number of hydrogen-bond donors (Lipinski definition) is 0. The molecule has 54 valence electrons. The van der Waals surface area contributed by atoms with Gasteiger partial charge in [0.25, 0.3) is 0 Å². The molecule has 1 nitrogen and oxygen atoms in total. The zero-order valence-corrected chi connectivity index (χ0v) is 7.46. The van der Waals surface area contributed by atoms with Crippen molar-refractivity contribution in [2.45, 2.75) is 11.8 Å². The molecule has 0 atom stereocenters. The summed E-state index contributed by atoms with van der Waals surface area (Å²) in [6.45, 7) is 1.96. The van der Waals surface area contributed by atoms with Crippen LogP contribution in [0.2, 0.25) is 5.15 Å². The Labute approximate surface area is 69.8 Å². The Morgan fingerprint density at radius 3 is 2.70 bits per heavy atom. The molecule has 0 radical (unpaired) electrons. The average Bonchev–Trinajstić information content (AvgIpc) is 1.88. The number of aryl methyl sites for hydroxylation is 1. The van der Waals surface area contributed by atoms with Gasteiger partial charge in [0, 0.05) is 4.90 Å². The molecule has 1 aromatic heterocycles. The van der Waals surface area contributed by atoms with Gasteiger partial charge in [-0.15, -0.1) is 11.8 Å². The number of pyridine rings is 1. The highest BCUT2D eigenvalue weighted by Gasteiger charge is 1.96. The summed E-state index contributed by atoms with van der Waals surface area (Å²) in [5.74, 6) is 0. The summed E-state index contributed by atoms with van der Waals surface area (Å²) in [5.41, 5.74) is 1.00. The van der Waals surface area contributed by atoms with E-state index < -0.39 is 0 Å². The van der Waals surface area contributed by atoms with Crippen molar-refractivity contribution in [1.29, 1.82) is 0 Å². The lowest BCUT2D eigenvalue weighted by Gasteiger charge is -1.99. The summed E-state index contributed by atoms with van der Waals surface area (Å²) < 4.78 is 0. The first-order valence-corrected chi connectivity index (χ1v) is 4.51. The van der Waals surface area contributed by atoms with E-state index in [0.717, 1.165) is 5.69 Å². The van der Waals surface area contributed by atoms with Gasteiger partial charge in [0.2, 0.25) is 0 Å². The van der Waals surface area contributed by atoms with E-state index in [9.17, 15) is 0 Å². The van der Waals surface area contributed by atoms with Crippen molar-refractivity contribution in [3.63, 3.8) is 0 Å². The number of thioether (sulfide) groups is 1. The highest BCUT2D eigenvalue weighted by atomic mass is 35.5. The molecule has 10 heavy (non-hydrogen) atoms. The fourth-order valence-electron chi connectivity index (χ4n) is 0.733. The predicted octanol–water partition coefficient (Wildman–Crippen LogP) is 2.77. The quantitative estimate of drug-likeness (QED) is 0.479. The van der Waals surface area contributed by atoms with Crippen LogP contribution < -0.4 is 0 Å². The normalized spacial score (nSPS) is 9.90. The van der Waals surface area contributed by atoms with Crippen molar-refractivity contribution in [1.82, 2.24) is 4.98 Å². The second-order valence-electron chi connectivity index (χ2n) is 1.92. The van der Waals surface area contributed by atoms with E-state index in [1.165, 1.54) is 4.90 Å². The summed E-state index contributed by atoms with van der Waals surface area (Å²) in [6, 6.07) is 3.79. The number of nitrogens with zero attached hydrogens (tertiary/aromatic N) is 1. The monoisotopic (exact) mass is 173 g/mol. The van der Waals surface area contributed by atoms with E-state index >= 15 is 0 Å². The lowest BCUT2D eigenvalue weighted by atomic mass is 10.4. The molecular formula is C7H8ClNS. The summed E-state index contributed by atoms with van der Waals surface area (Å²) >= 11 is 7.34. The number of aromatic nitrogens is 1. The van der Waals surface area contributed by atoms with Crippen molar-refractivity contribution >= 4 is 23.4 Å². The first-order valence-electron chi connectivity index (χ1n) is 2.91. The van der Waals surface area contributed by atoms with Gasteiger partial charge < -0.3 is 0 Å². The van der Waals surface area contributed by atoms with Gasteiger partial charge in [0.05, 0.1) is 5.69 Å². The molecule has 1 aromatic rings. The predicted molar refractivity (Wildman–Crippen MR) is 45.8 cm³/mol. The van der Waals surface area contributed by atoms with Crippen molar-refractivity contribution in [2.75, 3.05) is 6.26 Å². The molecule has 0 saturated carbocycles. The fourth-order valence-corrected chi connectivity index (χ4v) is 1.47. The van der Waals surface area contributed by atoms with Gasteiger partial charge in [0.1, 0.15) is 5.15 Å². The molecule has 0 aromatic carbocycles. The van der Waals surface area contributed by atoms with Crippen molar-refractivity contribution in [2.24, 2.45) is 0 Å². The molecule has 0 aliphatic rings. The molecule has 1 heterocycles. The minimum Gasteiger partial charge on any atom is -0.240 e. The molecule has 0 amide bonds. The topological polar surface area (TPSA) is 12.9 Å². The van der Waals surface area contributed by atoms with Crippen LogP contribution in [-0.4, -0.2) is 11.2 Å². The smallest absolute Gasteiger partial charge is 0.129 e. The number of halogens is 1. The average molecular weight is 174 g/mol. The van der Waals surface area contributed by atoms with Gasteiger partial charge in [-0.05, 0) is 25.3 Å². The maximum atomic E-state index is 5.65. The minimum atomic E-state index is 0.565. The van der Waals surface area contributed by atoms with E-state index in [-0.39, 0.29) is 0 Å². The fraction of sp³-hybridized carbons (Fsp3) is 0.286. The Balaban J connectivity index is 3.07. The number of hydrogen-bond acceptors (Lipinski definition) is 2. The van der Waals surface area contributed by atoms with Gasteiger partial charge in [-0.1, -0.05) is 11.6 Å². The second kappa shape index (κ2) is 3.26. The Morgan fingerprint density at radius 1 is 1.50 bits per heavy atom. The first-order chi connectivity index (χ1) is 4.74. The number of rotatable bonds is 1. The van der Waals surface area contributed by atoms with Crippen LogP contribution in [0, 0.1) is 6.92 Å². The molecule has 0 aliphatic carbocycles. The third kappa shape index (κ3) is 1.64. The largest absolute Gasteiger partial charge is 0.240 e. The Hall–Kier alpha value is -0.210. The minimum absolute atomic E-state index is 0.565. The van der Waals surface area contributed by atoms with Crippen LogP contribution in [0.1, 0.15) is 5.69 Å². The van der Waals surface area contributed by atoms with E-state index in [1.807, 2.05) is 19.2 Å². The van der Waals surface area contributed by atoms with Crippen LogP contribution in [0.4, 0.5) is 0 Å². The van der Waals surface area contributed by atoms with E-state index in [4.69, 9.17) is 11.6 Å². The summed E-state index contributed by atoms with van der Waals surface area (Å²) in [7, 11) is 0. The third-order valence-electron chi connectivity index (χ3n) is 1.22. The summed E-state index contributed by atoms with van der Waals surface area (Å²) in [5, 5.41) is 0.565. The van der Waals surface area contributed by atoms with Crippen LogP contribution in [0.15, 0.2) is 17.0 Å². The zero-order chi connectivity index (χ0) is 7.56. The van der Waals surface area contributed by atoms with Crippen LogP contribution in [-0.2, 0) is 0 Å². The maximum Gasteiger partial charge on any atom is 0.129 e. The zero-order valence-electron chi connectivity index (χ0n) is 5.89. The lowest BCUT2D eigenvalue weighted by molar-refractivity contribution is 1.12. The highest BCUT2D eigenvalue weighted by molar-refractivity contribution is 7.98. The molecule has 0 aliphatic heterocycles. The van der Waals surface area contributed by atoms with Crippen LogP contribution in [0.25, 0.3) is 0 Å². The van der Waals surface area contributed by atoms with E-state index in [0.29, 0.717) is 5.15 Å². The molecule has 0 spiro atoms. The maximum absolute atomic E-state index is 5.65. The van der Waals surface area contributed by atoms with Gasteiger partial charge >= 0.3 is 0 Å². The molecule has 0 N–H and O–H groups in total. The first kappa shape index (κ1) is 7.89. The van der Waals surface area contributed by atoms with Crippen molar-refractivity contribution in [3.8, 4) is 0 Å². The van der Waals surface area contributed by atoms with Crippen LogP contribution >= 0.6 is 23.4 Å². The van der Waals surface area contributed by atoms with Gasteiger partial charge in [0.15, 0.2) is 0 Å². The summed E-state index contributed by atoms with van der Waals surface area (Å²) in [4.78, 5) is 5.27. The molecule has 0 unspecified atom stereocenters. The van der Waals surface area contributed by atoms with Crippen molar-refractivity contribution < 1.29 is 0 Å². The Morgan fingerprint density at radius 2 is 2.20 bits per heavy atom. The SMILES string of the molecule is CSc1ccc(Cl)nc1C. The molecule has 3 heteroatoms. The Bertz CT molecular complexity index is 237. The molecule has 0 fully saturated rings. The summed E-state index contributed by atoms with van der Waals surface area (Å²) in [6.07, 6.45) is 2.03. The molecule has 0 bridgehead atoms. The standard InChI is InChI=1S/C7H8ClNS/c1-5-6(10-2)3-4-7(8)9-5/h3-4H,1-2H3. The Kier molecular flexibility index (Phi) is 2.57. The molecule has 1 rings (SSSR count). The van der Waals surface area contributed by atoms with Gasteiger partial charge in [-0.25, -0.2) is 4.98 Å². The van der Waals surface area contributed by atoms with Crippen LogP contribution in [0.5, 0.6) is 0 Å². The van der Waals surface area contributed by atoms with Crippen LogP contribution in [0.3, 0.4) is 0 Å². The second-order valence-corrected chi connectivity index (χ2v) is 3.16. The highest BCUT2D eigenvalue weighted by Crippen LogP contribution is 2.19. The molecular weight excluding hydrogens is 166 g/mol. The van der Waals surface area contributed by atoms with E-state index in [1.54, 1.807) is 17.8 Å². The molecule has 0 saturated heterocycles. The van der Waals surface area contributed by atoms with Gasteiger partial charge in [-0.2, -0.15) is 0 Å². The van der Waals surface area contributed by atoms with Gasteiger partial charge in [-0.3, -0.25) is 0 Å². The lowest BCUT2D eigenvalue weighted by Crippen LogP contribution is -1.83. The van der Waals surface area contributed by atoms with E-state index in [2.05, 4.69) is 4.98 Å². The third-order valence-corrected chi connectivity index (χ3v) is 2.31. The van der Waals surface area contributed by atoms with Crippen molar-refractivity contribution in [3.05, 3.63) is 23.0 Å².